The van der Waals surface area contributed by atoms with Crippen LogP contribution < -0.4 is 15.5 Å². The topological polar surface area (TPSA) is 135 Å². The number of nitrogens with one attached hydrogen (secondary N) is 4. The van der Waals surface area contributed by atoms with Crippen molar-refractivity contribution in [3.8, 4) is 46.1 Å². The molecule has 0 aliphatic carbocycles. The van der Waals surface area contributed by atoms with E-state index in [2.05, 4.69) is 96.4 Å². The second-order valence-electron chi connectivity index (χ2n) is 14.7. The number of carbonyl (C=O) groups excluding carboxylic acids is 2. The number of benzene rings is 2. The third kappa shape index (κ3) is 8.31. The molecular weight excluding hydrogens is 679 g/mol. The van der Waals surface area contributed by atoms with E-state index < -0.39 is 12.1 Å². The number of alkyl carbamates (subject to hydrolysis) is 1. The number of aromatic nitrogens is 4. The van der Waals surface area contributed by atoms with Crippen molar-refractivity contribution in [2.24, 2.45) is 5.92 Å². The number of carbonyl (C=O) groups is 2. The Labute approximate surface area is 317 Å². The van der Waals surface area contributed by atoms with Crippen LogP contribution in [-0.4, -0.2) is 101 Å². The molecule has 0 bridgehead atoms. The molecule has 4 N–H and O–H groups in total. The second-order valence-corrected chi connectivity index (χ2v) is 14.7. The van der Waals surface area contributed by atoms with Crippen molar-refractivity contribution in [3.63, 3.8) is 0 Å². The van der Waals surface area contributed by atoms with Crippen molar-refractivity contribution in [2.45, 2.75) is 57.7 Å². The molecule has 54 heavy (non-hydrogen) atoms. The highest BCUT2D eigenvalue weighted by molar-refractivity contribution is 5.86. The van der Waals surface area contributed by atoms with Crippen LogP contribution in [0.25, 0.3) is 22.4 Å². The Kier molecular flexibility index (Phi) is 11.3. The van der Waals surface area contributed by atoms with Gasteiger partial charge in [0.05, 0.1) is 37.3 Å². The van der Waals surface area contributed by atoms with Gasteiger partial charge in [0.2, 0.25) is 5.91 Å². The monoisotopic (exact) mass is 727 g/mol. The predicted octanol–water partition coefficient (Wildman–Crippen LogP) is 5.09. The van der Waals surface area contributed by atoms with Gasteiger partial charge in [-0.1, -0.05) is 38.0 Å². The average molecular weight is 728 g/mol. The van der Waals surface area contributed by atoms with E-state index in [-0.39, 0.29) is 23.9 Å². The molecule has 3 aliphatic rings. The molecule has 3 atom stereocenters. The minimum atomic E-state index is -0.692. The number of hydrogen-bond donors (Lipinski definition) is 4. The molecule has 12 heteroatoms. The molecule has 280 valence electrons. The number of likely N-dealkylation sites (tertiary alicyclic amines) is 1. The number of piperazine rings is 1. The number of imidazole rings is 2. The maximum Gasteiger partial charge on any atom is 0.407 e. The summed E-state index contributed by atoms with van der Waals surface area (Å²) in [6.45, 7) is 9.52. The first-order chi connectivity index (χ1) is 26.3. The summed E-state index contributed by atoms with van der Waals surface area (Å²) in [6, 6.07) is 14.3. The van der Waals surface area contributed by atoms with Gasteiger partial charge >= 0.3 is 6.09 Å². The molecule has 7 rings (SSSR count). The molecule has 3 saturated heterocycles. The Bertz CT molecular complexity index is 2070. The molecule has 2 aromatic carbocycles. The maximum atomic E-state index is 13.7. The fourth-order valence-electron chi connectivity index (χ4n) is 7.51. The van der Waals surface area contributed by atoms with Gasteiger partial charge < -0.3 is 40.0 Å². The first-order valence-corrected chi connectivity index (χ1v) is 19.0. The van der Waals surface area contributed by atoms with Crippen LogP contribution in [0, 0.1) is 29.6 Å². The van der Waals surface area contributed by atoms with Crippen LogP contribution >= 0.6 is 0 Å². The molecule has 0 radical (unpaired) electrons. The van der Waals surface area contributed by atoms with E-state index in [1.54, 1.807) is 6.20 Å². The van der Waals surface area contributed by atoms with Gasteiger partial charge in [0.25, 0.3) is 0 Å². The number of hydrogen-bond acceptors (Lipinski definition) is 8. The first kappa shape index (κ1) is 36.8. The van der Waals surface area contributed by atoms with Crippen LogP contribution in [0.15, 0.2) is 54.9 Å². The zero-order valence-corrected chi connectivity index (χ0v) is 31.5. The summed E-state index contributed by atoms with van der Waals surface area (Å²) in [5.74, 6) is 13.9. The standard InChI is InChI=1S/C42H49N9O3/c1-28(2)38(48-42(53)54-4)41(52)51-20-8-12-37(51)40-45-27-36(47-40)31-14-13-29(9-5-6-10-32-26-44-39(46-32)35-11-7-19-43-35)34(25-31)30-15-17-33(18-16-30)50-23-21-49(3)22-24-50/h13-18,25-28,35,37-38,43H,7-8,11-12,19-24H2,1-4H3,(H,44,46)(H,45,47)(H,48,53)/t35?,37-,38-/m0/s1. The van der Waals surface area contributed by atoms with E-state index in [9.17, 15) is 9.59 Å². The van der Waals surface area contributed by atoms with Crippen LogP contribution in [0.4, 0.5) is 10.5 Å². The number of anilines is 1. The number of rotatable bonds is 8. The number of aromatic amines is 2. The number of ether oxygens (including phenoxy) is 1. The molecule has 2 aromatic heterocycles. The number of H-pyrrole nitrogens is 2. The highest BCUT2D eigenvalue weighted by Gasteiger charge is 2.37. The number of likely N-dealkylation sites (N-methyl/N-ethyl adjacent to an activating group) is 1. The Hall–Kier alpha value is -5.56. The van der Waals surface area contributed by atoms with Gasteiger partial charge in [-0.15, -0.1) is 0 Å². The van der Waals surface area contributed by atoms with E-state index in [0.717, 1.165) is 104 Å². The molecule has 3 fully saturated rings. The van der Waals surface area contributed by atoms with Crippen molar-refractivity contribution in [2.75, 3.05) is 58.3 Å². The summed E-state index contributed by atoms with van der Waals surface area (Å²) >= 11 is 0. The zero-order chi connectivity index (χ0) is 37.6. The van der Waals surface area contributed by atoms with Gasteiger partial charge in [-0.3, -0.25) is 4.79 Å². The molecule has 3 aliphatic heterocycles. The summed E-state index contributed by atoms with van der Waals surface area (Å²) in [4.78, 5) is 48.5. The minimum absolute atomic E-state index is 0.107. The van der Waals surface area contributed by atoms with Gasteiger partial charge in [-0.05, 0) is 98.3 Å². The Morgan fingerprint density at radius 1 is 0.889 bits per heavy atom. The van der Waals surface area contributed by atoms with Crippen LogP contribution in [0.1, 0.15) is 74.5 Å². The van der Waals surface area contributed by atoms with E-state index in [1.807, 2.05) is 37.1 Å². The summed E-state index contributed by atoms with van der Waals surface area (Å²) < 4.78 is 4.79. The lowest BCUT2D eigenvalue weighted by molar-refractivity contribution is -0.135. The predicted molar refractivity (Wildman–Crippen MR) is 209 cm³/mol. The van der Waals surface area contributed by atoms with E-state index in [1.165, 1.54) is 12.8 Å². The third-order valence-electron chi connectivity index (χ3n) is 10.7. The highest BCUT2D eigenvalue weighted by atomic mass is 16.5. The lowest BCUT2D eigenvalue weighted by atomic mass is 9.96. The highest BCUT2D eigenvalue weighted by Crippen LogP contribution is 2.35. The van der Waals surface area contributed by atoms with Gasteiger partial charge in [0.1, 0.15) is 23.4 Å². The van der Waals surface area contributed by atoms with Gasteiger partial charge in [0.15, 0.2) is 0 Å². The largest absolute Gasteiger partial charge is 0.453 e. The summed E-state index contributed by atoms with van der Waals surface area (Å²) in [5, 5.41) is 6.18. The third-order valence-corrected chi connectivity index (χ3v) is 10.7. The molecule has 5 heterocycles. The van der Waals surface area contributed by atoms with Crippen LogP contribution in [0.5, 0.6) is 0 Å². The quantitative estimate of drug-likeness (QED) is 0.185. The molecule has 0 saturated carbocycles. The Morgan fingerprint density at radius 3 is 2.39 bits per heavy atom. The van der Waals surface area contributed by atoms with E-state index in [0.29, 0.717) is 6.54 Å². The average Bonchev–Trinajstić information content (AvgIpc) is 4.03. The van der Waals surface area contributed by atoms with Crippen LogP contribution in [-0.2, 0) is 9.53 Å². The molecule has 0 spiro atoms. The molecule has 1 unspecified atom stereocenters. The smallest absolute Gasteiger partial charge is 0.407 e. The van der Waals surface area contributed by atoms with E-state index >= 15 is 0 Å². The lowest BCUT2D eigenvalue weighted by Crippen LogP contribution is -2.51. The van der Waals surface area contributed by atoms with Crippen LogP contribution in [0.2, 0.25) is 0 Å². The number of amides is 2. The summed E-state index contributed by atoms with van der Waals surface area (Å²) in [5.41, 5.74) is 6.68. The van der Waals surface area contributed by atoms with Crippen LogP contribution in [0.3, 0.4) is 0 Å². The summed E-state index contributed by atoms with van der Waals surface area (Å²) in [7, 11) is 3.47. The van der Waals surface area contributed by atoms with Crippen molar-refractivity contribution >= 4 is 17.7 Å². The van der Waals surface area contributed by atoms with Gasteiger partial charge in [-0.25, -0.2) is 14.8 Å². The van der Waals surface area contributed by atoms with Crippen molar-refractivity contribution in [1.82, 2.24) is 40.4 Å². The lowest BCUT2D eigenvalue weighted by Gasteiger charge is -2.34. The first-order valence-electron chi connectivity index (χ1n) is 19.0. The zero-order valence-electron chi connectivity index (χ0n) is 31.5. The molecule has 4 aromatic rings. The molecule has 2 amide bonds. The number of nitrogens with zero attached hydrogens (tertiary/aromatic N) is 5. The number of methoxy groups -OCH3 is 1. The summed E-state index contributed by atoms with van der Waals surface area (Å²) in [6.07, 6.45) is 6.83. The molecular formula is C42H49N9O3. The van der Waals surface area contributed by atoms with Crippen molar-refractivity contribution in [3.05, 3.63) is 77.8 Å². The Balaban J connectivity index is 1.15. The maximum absolute atomic E-state index is 13.7. The van der Waals surface area contributed by atoms with Gasteiger partial charge in [-0.2, -0.15) is 0 Å². The fourth-order valence-corrected chi connectivity index (χ4v) is 7.51. The van der Waals surface area contributed by atoms with Crippen molar-refractivity contribution < 1.29 is 14.3 Å². The van der Waals surface area contributed by atoms with E-state index in [4.69, 9.17) is 9.72 Å². The SMILES string of the molecule is COC(=O)N[C@H](C(=O)N1CCC[C@H]1c1ncc(-c2ccc(C#CC#Cc3cnc(C4CCCN4)[nH]3)c(-c3ccc(N4CCN(C)CC4)cc3)c2)[nH]1)C(C)C. The molecule has 12 nitrogen and oxygen atoms in total. The minimum Gasteiger partial charge on any atom is -0.453 e. The van der Waals surface area contributed by atoms with Crippen molar-refractivity contribution in [1.29, 1.82) is 0 Å². The normalized spacial score (nSPS) is 19.2. The van der Waals surface area contributed by atoms with Gasteiger partial charge in [0, 0.05) is 49.5 Å². The Morgan fingerprint density at radius 2 is 1.65 bits per heavy atom. The fraction of sp³-hybridized carbons (Fsp3) is 0.429. The second kappa shape index (κ2) is 16.6.